The molecule has 0 radical (unpaired) electrons. The van der Waals surface area contributed by atoms with Crippen molar-refractivity contribution in [2.45, 2.75) is 19.8 Å². The van der Waals surface area contributed by atoms with Crippen LogP contribution in [0.1, 0.15) is 35.8 Å². The first kappa shape index (κ1) is 14.9. The molecule has 6 nitrogen and oxygen atoms in total. The van der Waals surface area contributed by atoms with Crippen molar-refractivity contribution in [1.29, 1.82) is 0 Å². The van der Waals surface area contributed by atoms with Crippen LogP contribution in [0.25, 0.3) is 0 Å². The predicted octanol–water partition coefficient (Wildman–Crippen LogP) is 2.42. The van der Waals surface area contributed by atoms with Crippen LogP contribution in [0.4, 0.5) is 5.82 Å². The number of anilines is 1. The standard InChI is InChI=1S/C15H18N4O2/c1-10(2)12(11-4-3-5-16-6-11)7-18-14-9-17-13(8-19-14)15(20)21/h3-6,8-10,12H,7H2,1-2H3,(H,18,19)(H,20,21). The minimum absolute atomic E-state index is 0.0618. The van der Waals surface area contributed by atoms with Crippen LogP contribution in [-0.2, 0) is 0 Å². The van der Waals surface area contributed by atoms with Crippen molar-refractivity contribution >= 4 is 11.8 Å². The molecule has 2 heterocycles. The Morgan fingerprint density at radius 3 is 2.62 bits per heavy atom. The average molecular weight is 286 g/mol. The number of hydrogen-bond acceptors (Lipinski definition) is 5. The molecule has 0 saturated heterocycles. The second-order valence-electron chi connectivity index (χ2n) is 5.11. The Morgan fingerprint density at radius 1 is 1.29 bits per heavy atom. The lowest BCUT2D eigenvalue weighted by Crippen LogP contribution is -2.18. The molecule has 0 amide bonds. The van der Waals surface area contributed by atoms with Crippen molar-refractivity contribution in [1.82, 2.24) is 15.0 Å². The monoisotopic (exact) mass is 286 g/mol. The maximum Gasteiger partial charge on any atom is 0.356 e. The molecule has 2 N–H and O–H groups in total. The van der Waals surface area contributed by atoms with Gasteiger partial charge < -0.3 is 10.4 Å². The molecular formula is C15H18N4O2. The minimum atomic E-state index is -1.08. The first-order valence-electron chi connectivity index (χ1n) is 6.77. The first-order valence-corrected chi connectivity index (χ1v) is 6.77. The lowest BCUT2D eigenvalue weighted by Gasteiger charge is -2.21. The van der Waals surface area contributed by atoms with E-state index >= 15 is 0 Å². The Hall–Kier alpha value is -2.50. The SMILES string of the molecule is CC(C)C(CNc1cnc(C(=O)O)cn1)c1cccnc1. The summed E-state index contributed by atoms with van der Waals surface area (Å²) in [7, 11) is 0. The van der Waals surface area contributed by atoms with Gasteiger partial charge in [-0.3, -0.25) is 4.98 Å². The number of hydrogen-bond donors (Lipinski definition) is 2. The Bertz CT molecular complexity index is 584. The van der Waals surface area contributed by atoms with Gasteiger partial charge in [0.05, 0.1) is 12.4 Å². The largest absolute Gasteiger partial charge is 0.476 e. The quantitative estimate of drug-likeness (QED) is 0.848. The zero-order valence-corrected chi connectivity index (χ0v) is 12.0. The van der Waals surface area contributed by atoms with Crippen molar-refractivity contribution < 1.29 is 9.90 Å². The zero-order valence-electron chi connectivity index (χ0n) is 12.0. The predicted molar refractivity (Wildman–Crippen MR) is 79.3 cm³/mol. The van der Waals surface area contributed by atoms with Crippen LogP contribution in [0.2, 0.25) is 0 Å². The third-order valence-electron chi connectivity index (χ3n) is 3.29. The lowest BCUT2D eigenvalue weighted by atomic mass is 9.89. The van der Waals surface area contributed by atoms with Gasteiger partial charge in [-0.15, -0.1) is 0 Å². The van der Waals surface area contributed by atoms with Crippen LogP contribution in [0.5, 0.6) is 0 Å². The summed E-state index contributed by atoms with van der Waals surface area (Å²) in [6.45, 7) is 4.99. The average Bonchev–Trinajstić information content (AvgIpc) is 2.48. The molecule has 1 unspecified atom stereocenters. The van der Waals surface area contributed by atoms with Crippen LogP contribution in [-0.4, -0.2) is 32.6 Å². The molecule has 1 atom stereocenters. The lowest BCUT2D eigenvalue weighted by molar-refractivity contribution is 0.0690. The minimum Gasteiger partial charge on any atom is -0.476 e. The fourth-order valence-corrected chi connectivity index (χ4v) is 2.08. The molecular weight excluding hydrogens is 268 g/mol. The topological polar surface area (TPSA) is 88.0 Å². The van der Waals surface area contributed by atoms with E-state index in [9.17, 15) is 4.79 Å². The maximum absolute atomic E-state index is 10.7. The van der Waals surface area contributed by atoms with Crippen molar-refractivity contribution in [2.75, 3.05) is 11.9 Å². The summed E-state index contributed by atoms with van der Waals surface area (Å²) in [4.78, 5) is 22.8. The van der Waals surface area contributed by atoms with Crippen molar-refractivity contribution in [2.24, 2.45) is 5.92 Å². The highest BCUT2D eigenvalue weighted by Gasteiger charge is 2.16. The molecule has 2 rings (SSSR count). The summed E-state index contributed by atoms with van der Waals surface area (Å²) in [6, 6.07) is 3.98. The zero-order chi connectivity index (χ0) is 15.2. The summed E-state index contributed by atoms with van der Waals surface area (Å²) in [5.74, 6) is 0.214. The van der Waals surface area contributed by atoms with Crippen LogP contribution in [0.3, 0.4) is 0 Å². The van der Waals surface area contributed by atoms with E-state index in [1.807, 2.05) is 12.3 Å². The number of rotatable bonds is 6. The highest BCUT2D eigenvalue weighted by atomic mass is 16.4. The molecule has 0 aliphatic carbocycles. The first-order chi connectivity index (χ1) is 10.1. The molecule has 0 aromatic carbocycles. The van der Waals surface area contributed by atoms with E-state index in [2.05, 4.69) is 40.2 Å². The summed E-state index contributed by atoms with van der Waals surface area (Å²) < 4.78 is 0. The fourth-order valence-electron chi connectivity index (χ4n) is 2.08. The molecule has 0 bridgehead atoms. The number of carboxylic acid groups (broad SMARTS) is 1. The number of aromatic nitrogens is 3. The van der Waals surface area contributed by atoms with Gasteiger partial charge in [0.25, 0.3) is 0 Å². The van der Waals surface area contributed by atoms with Crippen LogP contribution >= 0.6 is 0 Å². The summed E-state index contributed by atoms with van der Waals surface area (Å²) >= 11 is 0. The third-order valence-corrected chi connectivity index (χ3v) is 3.29. The fraction of sp³-hybridized carbons (Fsp3) is 0.333. The molecule has 0 fully saturated rings. The third kappa shape index (κ3) is 3.98. The molecule has 0 aliphatic rings. The number of aromatic carboxylic acids is 1. The van der Waals surface area contributed by atoms with E-state index in [0.717, 1.165) is 5.56 Å². The maximum atomic E-state index is 10.7. The number of nitrogens with zero attached hydrogens (tertiary/aromatic N) is 3. The summed E-state index contributed by atoms with van der Waals surface area (Å²) in [6.07, 6.45) is 6.30. The number of carboxylic acids is 1. The molecule has 0 spiro atoms. The van der Waals surface area contributed by atoms with Gasteiger partial charge in [-0.25, -0.2) is 14.8 Å². The second-order valence-corrected chi connectivity index (χ2v) is 5.11. The molecule has 2 aromatic rings. The summed E-state index contributed by atoms with van der Waals surface area (Å²) in [5, 5.41) is 12.0. The number of nitrogens with one attached hydrogen (secondary N) is 1. The molecule has 0 saturated carbocycles. The van der Waals surface area contributed by atoms with E-state index in [1.54, 1.807) is 6.20 Å². The van der Waals surface area contributed by atoms with Gasteiger partial charge in [-0.2, -0.15) is 0 Å². The molecule has 21 heavy (non-hydrogen) atoms. The van der Waals surface area contributed by atoms with E-state index in [0.29, 0.717) is 24.2 Å². The normalized spacial score (nSPS) is 12.1. The van der Waals surface area contributed by atoms with Crippen molar-refractivity contribution in [3.8, 4) is 0 Å². The molecule has 6 heteroatoms. The summed E-state index contributed by atoms with van der Waals surface area (Å²) in [5.41, 5.74) is 1.10. The number of pyridine rings is 1. The van der Waals surface area contributed by atoms with Gasteiger partial charge in [0.1, 0.15) is 5.82 Å². The molecule has 0 aliphatic heterocycles. The van der Waals surface area contributed by atoms with Gasteiger partial charge in [-0.05, 0) is 17.5 Å². The van der Waals surface area contributed by atoms with Crippen molar-refractivity contribution in [3.63, 3.8) is 0 Å². The highest BCUT2D eigenvalue weighted by molar-refractivity contribution is 5.84. The van der Waals surface area contributed by atoms with Gasteiger partial charge >= 0.3 is 5.97 Å². The van der Waals surface area contributed by atoms with Gasteiger partial charge in [-0.1, -0.05) is 19.9 Å². The number of carbonyl (C=O) groups is 1. The Balaban J connectivity index is 2.04. The van der Waals surface area contributed by atoms with E-state index in [1.165, 1.54) is 12.4 Å². The molecule has 110 valence electrons. The van der Waals surface area contributed by atoms with Crippen LogP contribution in [0.15, 0.2) is 36.9 Å². The Morgan fingerprint density at radius 2 is 2.10 bits per heavy atom. The van der Waals surface area contributed by atoms with Crippen molar-refractivity contribution in [3.05, 3.63) is 48.2 Å². The van der Waals surface area contributed by atoms with Gasteiger partial charge in [0.15, 0.2) is 5.69 Å². The van der Waals surface area contributed by atoms with E-state index in [4.69, 9.17) is 5.11 Å². The smallest absolute Gasteiger partial charge is 0.356 e. The van der Waals surface area contributed by atoms with Crippen LogP contribution in [0, 0.1) is 5.92 Å². The molecule has 2 aromatic heterocycles. The van der Waals surface area contributed by atoms with E-state index in [-0.39, 0.29) is 5.69 Å². The second kappa shape index (κ2) is 6.78. The van der Waals surface area contributed by atoms with Crippen LogP contribution < -0.4 is 5.32 Å². The Kier molecular flexibility index (Phi) is 4.81. The van der Waals surface area contributed by atoms with E-state index < -0.39 is 5.97 Å². The van der Waals surface area contributed by atoms with Gasteiger partial charge in [0, 0.05) is 24.9 Å². The highest BCUT2D eigenvalue weighted by Crippen LogP contribution is 2.23. The Labute approximate surface area is 123 Å². The van der Waals surface area contributed by atoms with Gasteiger partial charge in [0.2, 0.25) is 0 Å².